The van der Waals surface area contributed by atoms with Crippen LogP contribution in [0.5, 0.6) is 0 Å². The fraction of sp³-hybridized carbons (Fsp3) is 0.385. The topological polar surface area (TPSA) is 101 Å². The minimum atomic E-state index is -1.05. The van der Waals surface area contributed by atoms with Crippen LogP contribution in [0.15, 0.2) is 18.2 Å². The summed E-state index contributed by atoms with van der Waals surface area (Å²) in [5.74, 6) is -1.66. The molecular formula is C13H15ClN2O5. The smallest absolute Gasteiger partial charge is 0.305 e. The number of nitrogens with zero attached hydrogens (tertiary/aromatic N) is 2. The summed E-state index contributed by atoms with van der Waals surface area (Å²) in [7, 11) is 0. The second-order valence-electron chi connectivity index (χ2n) is 4.46. The molecule has 1 rings (SSSR count). The van der Waals surface area contributed by atoms with Crippen molar-refractivity contribution in [3.8, 4) is 0 Å². The Kier molecular flexibility index (Phi) is 5.66. The lowest BCUT2D eigenvalue weighted by atomic mass is 10.1. The van der Waals surface area contributed by atoms with Gasteiger partial charge in [-0.3, -0.25) is 19.7 Å². The van der Waals surface area contributed by atoms with Gasteiger partial charge in [0, 0.05) is 23.7 Å². The van der Waals surface area contributed by atoms with Crippen molar-refractivity contribution in [1.29, 1.82) is 0 Å². The lowest BCUT2D eigenvalue weighted by Crippen LogP contribution is -2.39. The molecule has 0 aromatic heterocycles. The minimum absolute atomic E-state index is 0.147. The molecule has 0 heterocycles. The first-order valence-electron chi connectivity index (χ1n) is 6.24. The summed E-state index contributed by atoms with van der Waals surface area (Å²) in [6.07, 6.45) is -0.242. The van der Waals surface area contributed by atoms with Crippen molar-refractivity contribution in [2.24, 2.45) is 0 Å². The molecule has 7 nitrogen and oxygen atoms in total. The Balaban J connectivity index is 3.18. The van der Waals surface area contributed by atoms with Crippen molar-refractivity contribution >= 4 is 29.2 Å². The van der Waals surface area contributed by atoms with E-state index in [1.807, 2.05) is 0 Å². The Morgan fingerprint density at radius 1 is 1.48 bits per heavy atom. The molecule has 0 aliphatic heterocycles. The normalized spacial score (nSPS) is 11.8. The zero-order valence-corrected chi connectivity index (χ0v) is 12.3. The van der Waals surface area contributed by atoms with Gasteiger partial charge in [-0.1, -0.05) is 11.6 Å². The molecule has 0 radical (unpaired) electrons. The first-order chi connectivity index (χ1) is 9.77. The first-order valence-corrected chi connectivity index (χ1v) is 6.62. The highest BCUT2D eigenvalue weighted by Gasteiger charge is 2.28. The number of rotatable bonds is 6. The van der Waals surface area contributed by atoms with Gasteiger partial charge < -0.3 is 10.0 Å². The van der Waals surface area contributed by atoms with E-state index in [0.717, 1.165) is 6.07 Å². The highest BCUT2D eigenvalue weighted by atomic mass is 35.5. The van der Waals surface area contributed by atoms with Crippen LogP contribution in [0.3, 0.4) is 0 Å². The summed E-state index contributed by atoms with van der Waals surface area (Å²) in [4.78, 5) is 34.8. The average Bonchev–Trinajstić information content (AvgIpc) is 2.37. The number of carboxylic acids is 1. The molecule has 21 heavy (non-hydrogen) atoms. The first kappa shape index (κ1) is 16.9. The molecule has 0 aliphatic rings. The number of carbonyl (C=O) groups excluding carboxylic acids is 1. The van der Waals surface area contributed by atoms with Gasteiger partial charge in [-0.05, 0) is 26.0 Å². The molecule has 0 spiro atoms. The number of hydrogen-bond donors (Lipinski definition) is 1. The summed E-state index contributed by atoms with van der Waals surface area (Å²) in [5, 5.41) is 20.0. The fourth-order valence-electron chi connectivity index (χ4n) is 2.01. The molecule has 1 atom stereocenters. The van der Waals surface area contributed by atoms with Gasteiger partial charge in [0.2, 0.25) is 0 Å². The Morgan fingerprint density at radius 2 is 2.10 bits per heavy atom. The number of benzene rings is 1. The van der Waals surface area contributed by atoms with Crippen LogP contribution in [0, 0.1) is 10.1 Å². The fourth-order valence-corrected chi connectivity index (χ4v) is 2.18. The van der Waals surface area contributed by atoms with Crippen LogP contribution in [0.1, 0.15) is 30.6 Å². The molecule has 0 saturated carbocycles. The maximum absolute atomic E-state index is 12.4. The number of aliphatic carboxylic acids is 1. The van der Waals surface area contributed by atoms with E-state index in [-0.39, 0.29) is 29.2 Å². The summed E-state index contributed by atoms with van der Waals surface area (Å²) < 4.78 is 0. The molecule has 0 fully saturated rings. The van der Waals surface area contributed by atoms with Crippen LogP contribution >= 0.6 is 11.6 Å². The lowest BCUT2D eigenvalue weighted by molar-refractivity contribution is -0.385. The number of carbonyl (C=O) groups is 2. The summed E-state index contributed by atoms with van der Waals surface area (Å²) >= 11 is 5.79. The predicted octanol–water partition coefficient (Wildman–Crippen LogP) is 2.57. The minimum Gasteiger partial charge on any atom is -0.481 e. The van der Waals surface area contributed by atoms with Gasteiger partial charge in [-0.25, -0.2) is 0 Å². The molecule has 0 bridgehead atoms. The van der Waals surface area contributed by atoms with Gasteiger partial charge in [0.05, 0.1) is 11.3 Å². The molecular weight excluding hydrogens is 300 g/mol. The van der Waals surface area contributed by atoms with Gasteiger partial charge in [-0.15, -0.1) is 0 Å². The third-order valence-electron chi connectivity index (χ3n) is 2.99. The van der Waals surface area contributed by atoms with Crippen molar-refractivity contribution in [3.05, 3.63) is 38.9 Å². The third-order valence-corrected chi connectivity index (χ3v) is 3.22. The highest BCUT2D eigenvalue weighted by Crippen LogP contribution is 2.25. The zero-order chi connectivity index (χ0) is 16.2. The predicted molar refractivity (Wildman–Crippen MR) is 76.5 cm³/mol. The third kappa shape index (κ3) is 4.16. The molecule has 0 aliphatic carbocycles. The SMILES string of the molecule is CCN(C(=O)c1cc(Cl)ccc1[N+](=O)[O-])C(C)CC(=O)O. The van der Waals surface area contributed by atoms with E-state index < -0.39 is 22.8 Å². The molecule has 1 N–H and O–H groups in total. The van der Waals surface area contributed by atoms with Crippen LogP contribution in [0.4, 0.5) is 5.69 Å². The highest BCUT2D eigenvalue weighted by molar-refractivity contribution is 6.31. The van der Waals surface area contributed by atoms with E-state index in [2.05, 4.69) is 0 Å². The molecule has 8 heteroatoms. The lowest BCUT2D eigenvalue weighted by Gasteiger charge is -2.27. The van der Waals surface area contributed by atoms with Crippen molar-refractivity contribution in [1.82, 2.24) is 4.90 Å². The van der Waals surface area contributed by atoms with E-state index in [0.29, 0.717) is 0 Å². The van der Waals surface area contributed by atoms with Crippen LogP contribution in [-0.4, -0.2) is 39.4 Å². The van der Waals surface area contributed by atoms with Crippen LogP contribution in [-0.2, 0) is 4.79 Å². The number of amides is 1. The molecule has 1 aromatic carbocycles. The Morgan fingerprint density at radius 3 is 2.57 bits per heavy atom. The van der Waals surface area contributed by atoms with E-state index in [1.165, 1.54) is 17.0 Å². The van der Waals surface area contributed by atoms with Gasteiger partial charge in [0.15, 0.2) is 0 Å². The van der Waals surface area contributed by atoms with Gasteiger partial charge in [-0.2, -0.15) is 0 Å². The van der Waals surface area contributed by atoms with E-state index in [4.69, 9.17) is 16.7 Å². The quantitative estimate of drug-likeness (QED) is 0.642. The van der Waals surface area contributed by atoms with Crippen molar-refractivity contribution in [3.63, 3.8) is 0 Å². The second-order valence-corrected chi connectivity index (χ2v) is 4.89. The number of carboxylic acid groups (broad SMARTS) is 1. The van der Waals surface area contributed by atoms with Crippen molar-refractivity contribution in [2.75, 3.05) is 6.54 Å². The van der Waals surface area contributed by atoms with Crippen LogP contribution < -0.4 is 0 Å². The molecule has 114 valence electrons. The number of nitro groups is 1. The van der Waals surface area contributed by atoms with E-state index in [9.17, 15) is 19.7 Å². The molecule has 0 saturated heterocycles. The van der Waals surface area contributed by atoms with Gasteiger partial charge in [0.25, 0.3) is 11.6 Å². The van der Waals surface area contributed by atoms with Crippen molar-refractivity contribution < 1.29 is 19.6 Å². The van der Waals surface area contributed by atoms with E-state index >= 15 is 0 Å². The Labute approximate surface area is 126 Å². The summed E-state index contributed by atoms with van der Waals surface area (Å²) in [6.45, 7) is 3.48. The standard InChI is InChI=1S/C13H15ClN2O5/c1-3-15(8(2)6-12(17)18)13(19)10-7-9(14)4-5-11(10)16(20)21/h4-5,7-8H,3,6H2,1-2H3,(H,17,18). The average molecular weight is 315 g/mol. The summed E-state index contributed by atoms with van der Waals surface area (Å²) in [6, 6.07) is 3.12. The van der Waals surface area contributed by atoms with E-state index in [1.54, 1.807) is 13.8 Å². The van der Waals surface area contributed by atoms with Crippen LogP contribution in [0.2, 0.25) is 5.02 Å². The van der Waals surface area contributed by atoms with Gasteiger partial charge in [0.1, 0.15) is 5.56 Å². The Bertz CT molecular complexity index is 576. The zero-order valence-electron chi connectivity index (χ0n) is 11.6. The maximum atomic E-state index is 12.4. The number of nitro benzene ring substituents is 1. The Hall–Kier alpha value is -2.15. The van der Waals surface area contributed by atoms with Gasteiger partial charge >= 0.3 is 5.97 Å². The number of hydrogen-bond acceptors (Lipinski definition) is 4. The second kappa shape index (κ2) is 7.03. The van der Waals surface area contributed by atoms with Crippen molar-refractivity contribution in [2.45, 2.75) is 26.3 Å². The summed E-state index contributed by atoms with van der Waals surface area (Å²) in [5.41, 5.74) is -0.503. The maximum Gasteiger partial charge on any atom is 0.305 e. The van der Waals surface area contributed by atoms with Crippen LogP contribution in [0.25, 0.3) is 0 Å². The molecule has 1 aromatic rings. The molecule has 1 unspecified atom stereocenters. The molecule has 1 amide bonds. The largest absolute Gasteiger partial charge is 0.481 e. The number of halogens is 1. The monoisotopic (exact) mass is 314 g/mol.